The van der Waals surface area contributed by atoms with Crippen molar-refractivity contribution in [3.05, 3.63) is 84.1 Å². The first-order valence-electron chi connectivity index (χ1n) is 11.4. The molecular weight excluding hydrogens is 428 g/mol. The summed E-state index contributed by atoms with van der Waals surface area (Å²) < 4.78 is 5.97. The number of ether oxygens (including phenoxy) is 1. The van der Waals surface area contributed by atoms with Crippen molar-refractivity contribution in [1.82, 2.24) is 4.98 Å². The van der Waals surface area contributed by atoms with Crippen LogP contribution in [0.15, 0.2) is 72.8 Å². The fraction of sp³-hybridized carbons (Fsp3) is 0.222. The van der Waals surface area contributed by atoms with Crippen molar-refractivity contribution in [1.29, 1.82) is 0 Å². The molecule has 1 aliphatic heterocycles. The third kappa shape index (κ3) is 4.70. The molecule has 1 atom stereocenters. The molecule has 1 unspecified atom stereocenters. The number of nitrogens with zero attached hydrogens (tertiary/aromatic N) is 1. The third-order valence-electron chi connectivity index (χ3n) is 6.07. The van der Waals surface area contributed by atoms with Gasteiger partial charge in [-0.2, -0.15) is 0 Å². The highest BCUT2D eigenvalue weighted by molar-refractivity contribution is 6.01. The van der Waals surface area contributed by atoms with E-state index in [2.05, 4.69) is 38.7 Å². The summed E-state index contributed by atoms with van der Waals surface area (Å²) in [6.07, 6.45) is 0.602. The number of aliphatic hydroxyl groups is 1. The average molecular weight is 457 g/mol. The van der Waals surface area contributed by atoms with E-state index in [4.69, 9.17) is 4.74 Å². The summed E-state index contributed by atoms with van der Waals surface area (Å²) in [4.78, 5) is 18.3. The van der Waals surface area contributed by atoms with Crippen molar-refractivity contribution < 1.29 is 14.6 Å². The normalized spacial score (nSPS) is 15.0. The van der Waals surface area contributed by atoms with Gasteiger partial charge in [0.1, 0.15) is 12.4 Å². The van der Waals surface area contributed by atoms with Crippen molar-refractivity contribution in [2.24, 2.45) is 0 Å². The lowest BCUT2D eigenvalue weighted by Gasteiger charge is -2.39. The number of urea groups is 1. The fourth-order valence-corrected chi connectivity index (χ4v) is 4.44. The van der Waals surface area contributed by atoms with Crippen LogP contribution in [0.25, 0.3) is 10.9 Å². The Balaban J connectivity index is 1.35. The van der Waals surface area contributed by atoms with E-state index in [0.717, 1.165) is 28.0 Å². The van der Waals surface area contributed by atoms with Gasteiger partial charge in [0, 0.05) is 35.7 Å². The van der Waals surface area contributed by atoms with Gasteiger partial charge in [0.25, 0.3) is 0 Å². The number of hydrogen-bond donors (Lipinski definition) is 4. The monoisotopic (exact) mass is 456 g/mol. The molecule has 0 aliphatic carbocycles. The summed E-state index contributed by atoms with van der Waals surface area (Å²) in [5, 5.41) is 16.5. The van der Waals surface area contributed by atoms with Crippen LogP contribution in [-0.2, 0) is 6.54 Å². The van der Waals surface area contributed by atoms with Gasteiger partial charge in [0.05, 0.1) is 11.7 Å². The molecule has 0 saturated carbocycles. The molecule has 3 aromatic carbocycles. The second-order valence-electron chi connectivity index (χ2n) is 8.61. The van der Waals surface area contributed by atoms with E-state index in [-0.39, 0.29) is 18.7 Å². The second kappa shape index (κ2) is 9.49. The predicted octanol–water partition coefficient (Wildman–Crippen LogP) is 5.27. The third-order valence-corrected chi connectivity index (χ3v) is 6.07. The van der Waals surface area contributed by atoms with Gasteiger partial charge in [-0.15, -0.1) is 0 Å². The molecule has 7 nitrogen and oxygen atoms in total. The highest BCUT2D eigenvalue weighted by Gasteiger charge is 2.28. The van der Waals surface area contributed by atoms with Crippen LogP contribution >= 0.6 is 0 Å². The van der Waals surface area contributed by atoms with Crippen LogP contribution in [0, 0.1) is 6.92 Å². The van der Waals surface area contributed by atoms with E-state index in [1.807, 2.05) is 61.5 Å². The Morgan fingerprint density at radius 1 is 1.06 bits per heavy atom. The number of aromatic nitrogens is 1. The number of carbonyl (C=O) groups is 1. The summed E-state index contributed by atoms with van der Waals surface area (Å²) in [5.41, 5.74) is 5.50. The maximum Gasteiger partial charge on any atom is 0.323 e. The zero-order chi connectivity index (χ0) is 23.5. The molecule has 1 aliphatic rings. The van der Waals surface area contributed by atoms with Gasteiger partial charge in [0.2, 0.25) is 0 Å². The standard InChI is InChI=1S/C27H28N4O3/c1-18-13-20-7-8-21(14-24(20)28-18)29-27(33)30-22-9-10-26-25(15-22)31(23(11-12-32)17-34-26)16-19-5-3-2-4-6-19/h2-10,13-15,23,28,32H,11-12,16-17H2,1H3,(H2,29,30,33). The number of aliphatic hydroxyl groups excluding tert-OH is 1. The van der Waals surface area contributed by atoms with Crippen LogP contribution in [0.4, 0.5) is 21.9 Å². The number of H-pyrrole nitrogens is 1. The van der Waals surface area contributed by atoms with Crippen molar-refractivity contribution in [2.75, 3.05) is 28.7 Å². The van der Waals surface area contributed by atoms with Gasteiger partial charge in [-0.05, 0) is 60.7 Å². The molecule has 7 heteroatoms. The van der Waals surface area contributed by atoms with Crippen LogP contribution < -0.4 is 20.3 Å². The predicted molar refractivity (Wildman–Crippen MR) is 136 cm³/mol. The molecular formula is C27H28N4O3. The molecule has 0 fully saturated rings. The molecule has 4 aromatic rings. The molecule has 0 bridgehead atoms. The van der Waals surface area contributed by atoms with E-state index in [1.165, 1.54) is 5.56 Å². The number of fused-ring (bicyclic) bond motifs is 2. The largest absolute Gasteiger partial charge is 0.489 e. The van der Waals surface area contributed by atoms with Crippen LogP contribution in [0.1, 0.15) is 17.7 Å². The molecule has 2 amide bonds. The molecule has 4 N–H and O–H groups in total. The minimum Gasteiger partial charge on any atom is -0.489 e. The van der Waals surface area contributed by atoms with Gasteiger partial charge in [0.15, 0.2) is 0 Å². The number of amides is 2. The van der Waals surface area contributed by atoms with Crippen molar-refractivity contribution in [2.45, 2.75) is 25.9 Å². The number of anilines is 3. The van der Waals surface area contributed by atoms with Crippen molar-refractivity contribution >= 4 is 34.0 Å². The molecule has 0 radical (unpaired) electrons. The Morgan fingerprint density at radius 3 is 2.62 bits per heavy atom. The highest BCUT2D eigenvalue weighted by Crippen LogP contribution is 2.38. The van der Waals surface area contributed by atoms with E-state index in [0.29, 0.717) is 30.9 Å². The van der Waals surface area contributed by atoms with Gasteiger partial charge in [-0.1, -0.05) is 36.4 Å². The molecule has 174 valence electrons. The van der Waals surface area contributed by atoms with E-state index in [1.54, 1.807) is 0 Å². The number of aromatic amines is 1. The zero-order valence-electron chi connectivity index (χ0n) is 19.0. The zero-order valence-corrected chi connectivity index (χ0v) is 19.0. The average Bonchev–Trinajstić information content (AvgIpc) is 3.20. The van der Waals surface area contributed by atoms with Gasteiger partial charge >= 0.3 is 6.03 Å². The van der Waals surface area contributed by atoms with Crippen LogP contribution in [0.5, 0.6) is 5.75 Å². The number of aryl methyl sites for hydroxylation is 1. The maximum absolute atomic E-state index is 12.7. The first kappa shape index (κ1) is 21.9. The SMILES string of the molecule is Cc1cc2ccc(NC(=O)Nc3ccc4c(c3)N(Cc3ccccc3)C(CCO)CO4)cc2[nH]1. The van der Waals surface area contributed by atoms with Gasteiger partial charge in [-0.3, -0.25) is 0 Å². The number of nitrogens with one attached hydrogen (secondary N) is 3. The molecule has 0 saturated heterocycles. The van der Waals surface area contributed by atoms with Crippen molar-refractivity contribution in [3.63, 3.8) is 0 Å². The van der Waals surface area contributed by atoms with Crippen LogP contribution in [0.2, 0.25) is 0 Å². The lowest BCUT2D eigenvalue weighted by atomic mass is 10.1. The summed E-state index contributed by atoms with van der Waals surface area (Å²) in [5.74, 6) is 0.767. The van der Waals surface area contributed by atoms with Crippen LogP contribution in [0.3, 0.4) is 0 Å². The number of hydrogen-bond acceptors (Lipinski definition) is 4. The maximum atomic E-state index is 12.7. The lowest BCUT2D eigenvalue weighted by Crippen LogP contribution is -2.43. The summed E-state index contributed by atoms with van der Waals surface area (Å²) >= 11 is 0. The molecule has 34 heavy (non-hydrogen) atoms. The quantitative estimate of drug-likeness (QED) is 0.318. The Bertz CT molecular complexity index is 1300. The van der Waals surface area contributed by atoms with E-state index in [9.17, 15) is 9.90 Å². The van der Waals surface area contributed by atoms with Crippen LogP contribution in [-0.4, -0.2) is 35.4 Å². The molecule has 1 aromatic heterocycles. The summed E-state index contributed by atoms with van der Waals surface area (Å²) in [6.45, 7) is 3.28. The van der Waals surface area contributed by atoms with E-state index >= 15 is 0 Å². The fourth-order valence-electron chi connectivity index (χ4n) is 4.44. The summed E-state index contributed by atoms with van der Waals surface area (Å²) in [6, 6.07) is 23.4. The Kier molecular flexibility index (Phi) is 6.10. The lowest BCUT2D eigenvalue weighted by molar-refractivity contribution is 0.214. The first-order valence-corrected chi connectivity index (χ1v) is 11.4. The number of benzene rings is 3. The number of carbonyl (C=O) groups excluding carboxylic acids is 1. The summed E-state index contributed by atoms with van der Waals surface area (Å²) in [7, 11) is 0. The Morgan fingerprint density at radius 2 is 1.82 bits per heavy atom. The molecule has 2 heterocycles. The molecule has 0 spiro atoms. The smallest absolute Gasteiger partial charge is 0.323 e. The highest BCUT2D eigenvalue weighted by atomic mass is 16.5. The Labute approximate surface area is 198 Å². The van der Waals surface area contributed by atoms with E-state index < -0.39 is 0 Å². The number of rotatable bonds is 6. The molecule has 5 rings (SSSR count). The second-order valence-corrected chi connectivity index (χ2v) is 8.61. The van der Waals surface area contributed by atoms with Gasteiger partial charge in [-0.25, -0.2) is 4.79 Å². The topological polar surface area (TPSA) is 89.6 Å². The minimum atomic E-state index is -0.319. The Hall–Kier alpha value is -3.97. The first-order chi connectivity index (χ1) is 16.6. The van der Waals surface area contributed by atoms with Crippen molar-refractivity contribution in [3.8, 4) is 5.75 Å². The van der Waals surface area contributed by atoms with Gasteiger partial charge < -0.3 is 30.4 Å². The minimum absolute atomic E-state index is 0.0396.